The van der Waals surface area contributed by atoms with E-state index in [9.17, 15) is 0 Å². The fourth-order valence-electron chi connectivity index (χ4n) is 4.10. The number of hydrogen-bond donors (Lipinski definition) is 0. The molecule has 2 aliphatic rings. The van der Waals surface area contributed by atoms with E-state index in [4.69, 9.17) is 37.7 Å². The van der Waals surface area contributed by atoms with Crippen LogP contribution in [-0.2, 0) is 9.47 Å². The number of benzene rings is 2. The normalized spacial score (nSPS) is 18.9. The van der Waals surface area contributed by atoms with E-state index < -0.39 is 0 Å². The Morgan fingerprint density at radius 1 is 0.893 bits per heavy atom. The number of hydrogen-bond acceptors (Lipinski definition) is 4. The summed E-state index contributed by atoms with van der Waals surface area (Å²) < 4.78 is 11.8. The maximum atomic E-state index is 6.24. The molecule has 0 saturated carbocycles. The maximum absolute atomic E-state index is 6.24. The van der Waals surface area contributed by atoms with E-state index in [1.807, 2.05) is 24.3 Å². The van der Waals surface area contributed by atoms with Crippen LogP contribution in [-0.4, -0.2) is 37.1 Å². The van der Waals surface area contributed by atoms with Crippen molar-refractivity contribution in [1.29, 1.82) is 0 Å². The second kappa shape index (κ2) is 7.20. The van der Waals surface area contributed by atoms with E-state index in [0.717, 1.165) is 48.1 Å². The molecule has 1 spiro atoms. The molecule has 0 radical (unpaired) electrons. The van der Waals surface area contributed by atoms with E-state index in [2.05, 4.69) is 29.2 Å². The maximum Gasteiger partial charge on any atom is 0.171 e. The molecule has 0 atom stereocenters. The van der Waals surface area contributed by atoms with Crippen LogP contribution in [0.25, 0.3) is 22.2 Å². The lowest BCUT2D eigenvalue weighted by atomic mass is 10.0. The Bertz CT molecular complexity index is 1020. The monoisotopic (exact) mass is 414 g/mol. The van der Waals surface area contributed by atoms with Crippen LogP contribution in [0, 0.1) is 0 Å². The summed E-state index contributed by atoms with van der Waals surface area (Å²) in [7, 11) is 0. The summed E-state index contributed by atoms with van der Waals surface area (Å²) in [5.41, 5.74) is 3.99. The van der Waals surface area contributed by atoms with Gasteiger partial charge in [0.2, 0.25) is 0 Å². The van der Waals surface area contributed by atoms with E-state index in [0.29, 0.717) is 23.3 Å². The molecule has 2 fully saturated rings. The minimum Gasteiger partial charge on any atom is -0.371 e. The van der Waals surface area contributed by atoms with Crippen LogP contribution in [0.1, 0.15) is 12.8 Å². The highest BCUT2D eigenvalue weighted by Crippen LogP contribution is 2.37. The Balaban J connectivity index is 1.55. The van der Waals surface area contributed by atoms with Gasteiger partial charge < -0.3 is 14.4 Å². The zero-order valence-corrected chi connectivity index (χ0v) is 16.8. The third kappa shape index (κ3) is 3.25. The Kier molecular flexibility index (Phi) is 4.68. The van der Waals surface area contributed by atoms with E-state index >= 15 is 0 Å². The van der Waals surface area contributed by atoms with Gasteiger partial charge in [-0.15, -0.1) is 0 Å². The van der Waals surface area contributed by atoms with Gasteiger partial charge in [0.1, 0.15) is 0 Å². The third-order valence-electron chi connectivity index (χ3n) is 5.59. The van der Waals surface area contributed by atoms with Crippen molar-refractivity contribution in [2.45, 2.75) is 18.6 Å². The molecule has 144 valence electrons. The van der Waals surface area contributed by atoms with Gasteiger partial charge in [0.15, 0.2) is 5.79 Å². The highest BCUT2D eigenvalue weighted by atomic mass is 35.5. The predicted octanol–water partition coefficient (Wildman–Crippen LogP) is 5.55. The minimum absolute atomic E-state index is 0.383. The van der Waals surface area contributed by atoms with Crippen LogP contribution in [0.5, 0.6) is 0 Å². The second-order valence-corrected chi connectivity index (χ2v) is 8.08. The highest BCUT2D eigenvalue weighted by Gasteiger charge is 2.40. The molecule has 0 amide bonds. The molecule has 1 aromatic heterocycles. The molecular weight excluding hydrogens is 395 g/mol. The van der Waals surface area contributed by atoms with Gasteiger partial charge in [-0.3, -0.25) is 0 Å². The van der Waals surface area contributed by atoms with Crippen molar-refractivity contribution in [3.05, 3.63) is 58.6 Å². The van der Waals surface area contributed by atoms with Gasteiger partial charge in [0.05, 0.1) is 34.5 Å². The minimum atomic E-state index is -0.383. The molecular formula is C22H20Cl2N2O2. The lowest BCUT2D eigenvalue weighted by molar-refractivity contribution is -0.169. The van der Waals surface area contributed by atoms with Crippen molar-refractivity contribution in [2.75, 3.05) is 31.2 Å². The first-order valence-electron chi connectivity index (χ1n) is 9.52. The van der Waals surface area contributed by atoms with Crippen molar-refractivity contribution >= 4 is 39.8 Å². The van der Waals surface area contributed by atoms with Gasteiger partial charge in [-0.2, -0.15) is 0 Å². The Morgan fingerprint density at radius 2 is 1.64 bits per heavy atom. The lowest BCUT2D eigenvalue weighted by Gasteiger charge is -2.39. The molecule has 0 bridgehead atoms. The number of anilines is 1. The molecule has 5 rings (SSSR count). The van der Waals surface area contributed by atoms with Crippen LogP contribution in [0.3, 0.4) is 0 Å². The smallest absolute Gasteiger partial charge is 0.171 e. The first-order valence-corrected chi connectivity index (χ1v) is 10.3. The molecule has 0 aliphatic carbocycles. The van der Waals surface area contributed by atoms with E-state index in [-0.39, 0.29) is 5.79 Å². The molecule has 4 nitrogen and oxygen atoms in total. The number of pyridine rings is 1. The fourth-order valence-corrected chi connectivity index (χ4v) is 4.39. The molecule has 28 heavy (non-hydrogen) atoms. The molecule has 2 saturated heterocycles. The highest BCUT2D eigenvalue weighted by molar-refractivity contribution is 6.42. The van der Waals surface area contributed by atoms with Crippen LogP contribution in [0.4, 0.5) is 5.69 Å². The average Bonchev–Trinajstić information content (AvgIpc) is 3.18. The van der Waals surface area contributed by atoms with Gasteiger partial charge in [-0.25, -0.2) is 4.98 Å². The first kappa shape index (κ1) is 18.2. The first-order chi connectivity index (χ1) is 13.6. The Hall–Kier alpha value is -1.85. The van der Waals surface area contributed by atoms with Crippen molar-refractivity contribution in [2.24, 2.45) is 0 Å². The van der Waals surface area contributed by atoms with Crippen molar-refractivity contribution in [3.63, 3.8) is 0 Å². The standard InChI is InChI=1S/C22H20Cl2N2O2/c23-17-6-5-15(13-18(17)24)20-14-21(16-3-1-2-4-19(16)25-20)26-9-7-22(8-10-26)27-11-12-28-22/h1-6,13-14H,7-12H2. The number of halogens is 2. The summed E-state index contributed by atoms with van der Waals surface area (Å²) in [6.07, 6.45) is 1.73. The van der Waals surface area contributed by atoms with Crippen LogP contribution >= 0.6 is 23.2 Å². The average molecular weight is 415 g/mol. The van der Waals surface area contributed by atoms with Crippen LogP contribution in [0.15, 0.2) is 48.5 Å². The zero-order valence-electron chi connectivity index (χ0n) is 15.3. The number of fused-ring (bicyclic) bond motifs is 1. The van der Waals surface area contributed by atoms with Gasteiger partial charge >= 0.3 is 0 Å². The predicted molar refractivity (Wildman–Crippen MR) is 113 cm³/mol. The molecule has 3 heterocycles. The summed E-state index contributed by atoms with van der Waals surface area (Å²) in [5, 5.41) is 2.23. The van der Waals surface area contributed by atoms with E-state index in [1.54, 1.807) is 0 Å². The number of aromatic nitrogens is 1. The van der Waals surface area contributed by atoms with Crippen LogP contribution in [0.2, 0.25) is 10.0 Å². The largest absolute Gasteiger partial charge is 0.371 e. The molecule has 3 aromatic rings. The molecule has 2 aromatic carbocycles. The van der Waals surface area contributed by atoms with Gasteiger partial charge in [0.25, 0.3) is 0 Å². The Morgan fingerprint density at radius 3 is 2.39 bits per heavy atom. The third-order valence-corrected chi connectivity index (χ3v) is 6.33. The number of rotatable bonds is 2. The summed E-state index contributed by atoms with van der Waals surface area (Å²) in [5.74, 6) is -0.383. The summed E-state index contributed by atoms with van der Waals surface area (Å²) in [6.45, 7) is 3.16. The van der Waals surface area contributed by atoms with Crippen molar-refractivity contribution < 1.29 is 9.47 Å². The number of piperidine rings is 1. The summed E-state index contributed by atoms with van der Waals surface area (Å²) >= 11 is 12.3. The quantitative estimate of drug-likeness (QED) is 0.550. The van der Waals surface area contributed by atoms with E-state index in [1.165, 1.54) is 5.69 Å². The molecule has 2 aliphatic heterocycles. The lowest BCUT2D eigenvalue weighted by Crippen LogP contribution is -2.45. The number of para-hydroxylation sites is 1. The molecule has 0 N–H and O–H groups in total. The van der Waals surface area contributed by atoms with Crippen molar-refractivity contribution in [3.8, 4) is 11.3 Å². The summed E-state index contributed by atoms with van der Waals surface area (Å²) in [4.78, 5) is 7.27. The summed E-state index contributed by atoms with van der Waals surface area (Å²) in [6, 6.07) is 16.0. The topological polar surface area (TPSA) is 34.6 Å². The van der Waals surface area contributed by atoms with Gasteiger partial charge in [-0.1, -0.05) is 47.5 Å². The zero-order chi connectivity index (χ0) is 19.1. The fraction of sp³-hybridized carbons (Fsp3) is 0.318. The number of ether oxygens (including phenoxy) is 2. The molecule has 6 heteroatoms. The van der Waals surface area contributed by atoms with Crippen molar-refractivity contribution in [1.82, 2.24) is 4.98 Å². The van der Waals surface area contributed by atoms with Crippen LogP contribution < -0.4 is 4.90 Å². The van der Waals surface area contributed by atoms with Gasteiger partial charge in [-0.05, 0) is 24.3 Å². The van der Waals surface area contributed by atoms with Gasteiger partial charge in [0, 0.05) is 42.6 Å². The second-order valence-electron chi connectivity index (χ2n) is 7.27. The SMILES string of the molecule is Clc1ccc(-c2cc(N3CCC4(CC3)OCCO4)c3ccccc3n2)cc1Cl. The number of nitrogens with zero attached hydrogens (tertiary/aromatic N) is 2. The molecule has 0 unspecified atom stereocenters. The Labute approximate surface area is 174 Å².